The number of rotatable bonds is 6. The standard InChI is InChI=1S/C18H21FN2O2S/c19-16-9-6-10-17(13-16)24(22,23)20-14-18(21-11-4-5-12-21)15-7-2-1-3-8-15/h1-3,6-10,13,18,20H,4-5,11-12,14H2/t18-/m1/s1. The molecule has 2 aromatic carbocycles. The van der Waals surface area contributed by atoms with Crippen molar-refractivity contribution in [3.8, 4) is 0 Å². The van der Waals surface area contributed by atoms with E-state index in [1.165, 1.54) is 18.2 Å². The van der Waals surface area contributed by atoms with Crippen LogP contribution in [0.25, 0.3) is 0 Å². The highest BCUT2D eigenvalue weighted by molar-refractivity contribution is 7.89. The average molecular weight is 348 g/mol. The number of benzene rings is 2. The van der Waals surface area contributed by atoms with E-state index in [2.05, 4.69) is 9.62 Å². The number of nitrogens with zero attached hydrogens (tertiary/aromatic N) is 1. The normalized spacial score (nSPS) is 17.0. The molecule has 0 spiro atoms. The van der Waals surface area contributed by atoms with Crippen LogP contribution in [0.5, 0.6) is 0 Å². The van der Waals surface area contributed by atoms with Gasteiger partial charge in [0.2, 0.25) is 10.0 Å². The lowest BCUT2D eigenvalue weighted by atomic mass is 10.1. The van der Waals surface area contributed by atoms with Crippen LogP contribution in [-0.2, 0) is 10.0 Å². The summed E-state index contributed by atoms with van der Waals surface area (Å²) >= 11 is 0. The van der Waals surface area contributed by atoms with Crippen molar-refractivity contribution < 1.29 is 12.8 Å². The van der Waals surface area contributed by atoms with Crippen molar-refractivity contribution in [1.82, 2.24) is 9.62 Å². The van der Waals surface area contributed by atoms with Crippen LogP contribution >= 0.6 is 0 Å². The molecule has 1 saturated heterocycles. The zero-order valence-corrected chi connectivity index (χ0v) is 14.2. The molecule has 0 radical (unpaired) electrons. The molecule has 1 aliphatic heterocycles. The summed E-state index contributed by atoms with van der Waals surface area (Å²) in [5.74, 6) is -0.558. The summed E-state index contributed by atoms with van der Waals surface area (Å²) in [6.07, 6.45) is 2.25. The molecule has 0 bridgehead atoms. The van der Waals surface area contributed by atoms with Crippen molar-refractivity contribution in [3.63, 3.8) is 0 Å². The van der Waals surface area contributed by atoms with Crippen LogP contribution in [0.15, 0.2) is 59.5 Å². The van der Waals surface area contributed by atoms with E-state index in [-0.39, 0.29) is 17.5 Å². The van der Waals surface area contributed by atoms with E-state index in [4.69, 9.17) is 0 Å². The van der Waals surface area contributed by atoms with E-state index in [0.717, 1.165) is 37.6 Å². The summed E-state index contributed by atoms with van der Waals surface area (Å²) < 4.78 is 40.8. The number of halogens is 1. The Morgan fingerprint density at radius 3 is 2.42 bits per heavy atom. The summed E-state index contributed by atoms with van der Waals surface area (Å²) in [6.45, 7) is 2.19. The third-order valence-electron chi connectivity index (χ3n) is 4.34. The van der Waals surface area contributed by atoms with Crippen molar-refractivity contribution in [3.05, 3.63) is 66.0 Å². The third kappa shape index (κ3) is 4.01. The molecule has 3 rings (SSSR count). The molecule has 1 atom stereocenters. The second-order valence-electron chi connectivity index (χ2n) is 5.98. The minimum Gasteiger partial charge on any atom is -0.295 e. The van der Waals surface area contributed by atoms with E-state index >= 15 is 0 Å². The molecule has 1 N–H and O–H groups in total. The largest absolute Gasteiger partial charge is 0.295 e. The van der Waals surface area contributed by atoms with Crippen LogP contribution in [-0.4, -0.2) is 33.0 Å². The molecule has 0 unspecified atom stereocenters. The molecule has 1 heterocycles. The minimum absolute atomic E-state index is 0.0166. The highest BCUT2D eigenvalue weighted by atomic mass is 32.2. The Bertz CT molecular complexity index is 775. The van der Waals surface area contributed by atoms with Gasteiger partial charge >= 0.3 is 0 Å². The fraction of sp³-hybridized carbons (Fsp3) is 0.333. The van der Waals surface area contributed by atoms with Gasteiger partial charge in [0.05, 0.1) is 4.90 Å². The van der Waals surface area contributed by atoms with E-state index in [0.29, 0.717) is 0 Å². The van der Waals surface area contributed by atoms with Gasteiger partial charge in [-0.05, 0) is 49.7 Å². The zero-order chi connectivity index (χ0) is 17.0. The van der Waals surface area contributed by atoms with Crippen molar-refractivity contribution in [2.45, 2.75) is 23.8 Å². The second-order valence-corrected chi connectivity index (χ2v) is 7.75. The molecule has 0 aromatic heterocycles. The zero-order valence-electron chi connectivity index (χ0n) is 13.4. The van der Waals surface area contributed by atoms with Gasteiger partial charge < -0.3 is 0 Å². The van der Waals surface area contributed by atoms with Crippen LogP contribution in [0.3, 0.4) is 0 Å². The third-order valence-corrected chi connectivity index (χ3v) is 5.76. The van der Waals surface area contributed by atoms with Crippen LogP contribution in [0.2, 0.25) is 0 Å². The highest BCUT2D eigenvalue weighted by Crippen LogP contribution is 2.25. The lowest BCUT2D eigenvalue weighted by molar-refractivity contribution is 0.246. The Labute approximate surface area is 142 Å². The predicted molar refractivity (Wildman–Crippen MR) is 91.6 cm³/mol. The number of hydrogen-bond donors (Lipinski definition) is 1. The van der Waals surface area contributed by atoms with Gasteiger partial charge in [-0.1, -0.05) is 36.4 Å². The van der Waals surface area contributed by atoms with Gasteiger partial charge in [0.25, 0.3) is 0 Å². The number of sulfonamides is 1. The average Bonchev–Trinajstić information content (AvgIpc) is 3.10. The Hall–Kier alpha value is -1.76. The maximum atomic E-state index is 13.3. The molecule has 0 aliphatic carbocycles. The minimum atomic E-state index is -3.73. The summed E-state index contributed by atoms with van der Waals surface area (Å²) in [5, 5.41) is 0. The number of nitrogens with one attached hydrogen (secondary N) is 1. The summed E-state index contributed by atoms with van der Waals surface area (Å²) in [5.41, 5.74) is 1.08. The van der Waals surface area contributed by atoms with Crippen molar-refractivity contribution in [1.29, 1.82) is 0 Å². The van der Waals surface area contributed by atoms with E-state index in [1.807, 2.05) is 30.3 Å². The monoisotopic (exact) mass is 348 g/mol. The van der Waals surface area contributed by atoms with Crippen LogP contribution < -0.4 is 4.72 Å². The van der Waals surface area contributed by atoms with Gasteiger partial charge in [0.15, 0.2) is 0 Å². The van der Waals surface area contributed by atoms with Gasteiger partial charge in [-0.25, -0.2) is 17.5 Å². The Morgan fingerprint density at radius 1 is 1.04 bits per heavy atom. The fourth-order valence-corrected chi connectivity index (χ4v) is 4.16. The van der Waals surface area contributed by atoms with Crippen molar-refractivity contribution in [2.75, 3.05) is 19.6 Å². The fourth-order valence-electron chi connectivity index (χ4n) is 3.09. The molecular formula is C18H21FN2O2S. The molecule has 0 amide bonds. The molecule has 1 fully saturated rings. The Morgan fingerprint density at radius 2 is 1.75 bits per heavy atom. The maximum absolute atomic E-state index is 13.3. The lowest BCUT2D eigenvalue weighted by Crippen LogP contribution is -2.36. The van der Waals surface area contributed by atoms with Gasteiger partial charge in [-0.2, -0.15) is 0 Å². The molecule has 0 saturated carbocycles. The number of likely N-dealkylation sites (tertiary alicyclic amines) is 1. The van der Waals surface area contributed by atoms with E-state index in [1.54, 1.807) is 0 Å². The highest BCUT2D eigenvalue weighted by Gasteiger charge is 2.25. The Balaban J connectivity index is 1.78. The first-order valence-electron chi connectivity index (χ1n) is 8.10. The quantitative estimate of drug-likeness (QED) is 0.873. The van der Waals surface area contributed by atoms with Crippen LogP contribution in [0.4, 0.5) is 4.39 Å². The SMILES string of the molecule is O=S(=O)(NC[C@H](c1ccccc1)N1CCCC1)c1cccc(F)c1. The topological polar surface area (TPSA) is 49.4 Å². The molecular weight excluding hydrogens is 327 g/mol. The molecule has 4 nitrogen and oxygen atoms in total. The van der Waals surface area contributed by atoms with Gasteiger partial charge in [-0.15, -0.1) is 0 Å². The summed E-state index contributed by atoms with van der Waals surface area (Å²) in [6, 6.07) is 14.9. The molecule has 2 aromatic rings. The summed E-state index contributed by atoms with van der Waals surface area (Å²) in [7, 11) is -3.73. The first-order chi connectivity index (χ1) is 11.6. The van der Waals surface area contributed by atoms with Gasteiger partial charge in [0.1, 0.15) is 5.82 Å². The van der Waals surface area contributed by atoms with Gasteiger partial charge in [0, 0.05) is 12.6 Å². The van der Waals surface area contributed by atoms with E-state index in [9.17, 15) is 12.8 Å². The molecule has 1 aliphatic rings. The molecule has 128 valence electrons. The van der Waals surface area contributed by atoms with Crippen molar-refractivity contribution >= 4 is 10.0 Å². The second kappa shape index (κ2) is 7.42. The first-order valence-corrected chi connectivity index (χ1v) is 9.59. The smallest absolute Gasteiger partial charge is 0.240 e. The summed E-state index contributed by atoms with van der Waals surface area (Å²) in [4.78, 5) is 2.25. The number of hydrogen-bond acceptors (Lipinski definition) is 3. The molecule has 24 heavy (non-hydrogen) atoms. The predicted octanol–water partition coefficient (Wildman–Crippen LogP) is 2.94. The first kappa shape index (κ1) is 17.1. The maximum Gasteiger partial charge on any atom is 0.240 e. The molecule has 6 heteroatoms. The Kier molecular flexibility index (Phi) is 5.28. The van der Waals surface area contributed by atoms with E-state index < -0.39 is 15.8 Å². The van der Waals surface area contributed by atoms with Crippen LogP contribution in [0.1, 0.15) is 24.4 Å². The van der Waals surface area contributed by atoms with Gasteiger partial charge in [-0.3, -0.25) is 4.90 Å². The van der Waals surface area contributed by atoms with Crippen LogP contribution in [0, 0.1) is 5.82 Å². The van der Waals surface area contributed by atoms with Crippen molar-refractivity contribution in [2.24, 2.45) is 0 Å². The lowest BCUT2D eigenvalue weighted by Gasteiger charge is -2.28.